The summed E-state index contributed by atoms with van der Waals surface area (Å²) in [4.78, 5) is 2.17. The van der Waals surface area contributed by atoms with Gasteiger partial charge in [0.15, 0.2) is 0 Å². The van der Waals surface area contributed by atoms with Gasteiger partial charge in [0.1, 0.15) is 5.82 Å². The van der Waals surface area contributed by atoms with Crippen molar-refractivity contribution in [1.82, 2.24) is 4.90 Å². The Labute approximate surface area is 103 Å². The molecular weight excluding hydrogens is 217 g/mol. The third kappa shape index (κ3) is 4.84. The fourth-order valence-electron chi connectivity index (χ4n) is 1.84. The lowest BCUT2D eigenvalue weighted by molar-refractivity contribution is 0.188. The first-order valence-corrected chi connectivity index (χ1v) is 6.25. The van der Waals surface area contributed by atoms with E-state index in [1.807, 2.05) is 13.0 Å². The Bertz CT molecular complexity index is 341. The number of unbranched alkanes of at least 4 members (excludes halogenated alkanes) is 1. The summed E-state index contributed by atoms with van der Waals surface area (Å²) in [5, 5.41) is 9.02. The molecule has 0 unspecified atom stereocenters. The van der Waals surface area contributed by atoms with Crippen LogP contribution in [0.25, 0.3) is 0 Å². The number of nitrogens with zero attached hydrogens (tertiary/aromatic N) is 1. The Balaban J connectivity index is 2.67. The van der Waals surface area contributed by atoms with Crippen LogP contribution >= 0.6 is 0 Å². The van der Waals surface area contributed by atoms with Crippen LogP contribution < -0.4 is 0 Å². The third-order valence-corrected chi connectivity index (χ3v) is 2.95. The second-order valence-corrected chi connectivity index (χ2v) is 4.42. The molecule has 0 heterocycles. The highest BCUT2D eigenvalue weighted by molar-refractivity contribution is 5.26. The molecule has 0 aliphatic carbocycles. The number of hydrogen-bond acceptors (Lipinski definition) is 2. The number of hydrogen-bond donors (Lipinski definition) is 1. The molecule has 0 atom stereocenters. The molecule has 0 radical (unpaired) electrons. The fourth-order valence-corrected chi connectivity index (χ4v) is 1.84. The van der Waals surface area contributed by atoms with Crippen LogP contribution in [0.3, 0.4) is 0 Å². The minimum absolute atomic E-state index is 0.151. The molecule has 0 bridgehead atoms. The lowest BCUT2D eigenvalue weighted by Gasteiger charge is -2.22. The van der Waals surface area contributed by atoms with Crippen LogP contribution in [-0.4, -0.2) is 29.7 Å². The lowest BCUT2D eigenvalue weighted by atomic mass is 10.1. The molecule has 1 rings (SSSR count). The van der Waals surface area contributed by atoms with E-state index >= 15 is 0 Å². The van der Waals surface area contributed by atoms with Crippen molar-refractivity contribution in [2.75, 3.05) is 19.7 Å². The maximum absolute atomic E-state index is 13.2. The average molecular weight is 239 g/mol. The first-order chi connectivity index (χ1) is 8.17. The highest BCUT2D eigenvalue weighted by atomic mass is 19.1. The molecule has 1 aromatic carbocycles. The molecule has 0 aromatic heterocycles. The van der Waals surface area contributed by atoms with Crippen LogP contribution in [0.4, 0.5) is 4.39 Å². The van der Waals surface area contributed by atoms with Gasteiger partial charge in [-0.05, 0) is 43.1 Å². The second-order valence-electron chi connectivity index (χ2n) is 4.42. The topological polar surface area (TPSA) is 23.5 Å². The molecule has 1 N–H and O–H groups in total. The SMILES string of the molecule is CCCCN(CCO)Cc1cc(F)ccc1C. The molecule has 0 spiro atoms. The van der Waals surface area contributed by atoms with Gasteiger partial charge in [-0.2, -0.15) is 0 Å². The quantitative estimate of drug-likeness (QED) is 0.791. The molecule has 2 nitrogen and oxygen atoms in total. The van der Waals surface area contributed by atoms with E-state index in [1.165, 1.54) is 6.07 Å². The van der Waals surface area contributed by atoms with Crippen molar-refractivity contribution in [2.45, 2.75) is 33.2 Å². The average Bonchev–Trinajstić information content (AvgIpc) is 2.31. The van der Waals surface area contributed by atoms with Gasteiger partial charge >= 0.3 is 0 Å². The van der Waals surface area contributed by atoms with Crippen molar-refractivity contribution >= 4 is 0 Å². The molecule has 0 fully saturated rings. The van der Waals surface area contributed by atoms with E-state index in [2.05, 4.69) is 11.8 Å². The zero-order valence-electron chi connectivity index (χ0n) is 10.7. The van der Waals surface area contributed by atoms with E-state index in [0.717, 1.165) is 30.5 Å². The first kappa shape index (κ1) is 14.1. The van der Waals surface area contributed by atoms with Gasteiger partial charge < -0.3 is 5.11 Å². The number of aliphatic hydroxyl groups excluding tert-OH is 1. The van der Waals surface area contributed by atoms with Gasteiger partial charge in [0.25, 0.3) is 0 Å². The first-order valence-electron chi connectivity index (χ1n) is 6.25. The van der Waals surface area contributed by atoms with E-state index in [0.29, 0.717) is 13.1 Å². The van der Waals surface area contributed by atoms with E-state index in [1.54, 1.807) is 6.07 Å². The summed E-state index contributed by atoms with van der Waals surface area (Å²) in [6, 6.07) is 4.88. The van der Waals surface area contributed by atoms with Crippen molar-refractivity contribution in [1.29, 1.82) is 0 Å². The zero-order chi connectivity index (χ0) is 12.7. The number of aliphatic hydroxyl groups is 1. The summed E-state index contributed by atoms with van der Waals surface area (Å²) in [6.07, 6.45) is 2.23. The van der Waals surface area contributed by atoms with E-state index in [4.69, 9.17) is 5.11 Å². The Morgan fingerprint density at radius 2 is 2.06 bits per heavy atom. The van der Waals surface area contributed by atoms with Crippen LogP contribution in [0.1, 0.15) is 30.9 Å². The summed E-state index contributed by atoms with van der Waals surface area (Å²) < 4.78 is 13.2. The van der Waals surface area contributed by atoms with Crippen LogP contribution in [0.15, 0.2) is 18.2 Å². The van der Waals surface area contributed by atoms with E-state index in [-0.39, 0.29) is 12.4 Å². The summed E-state index contributed by atoms with van der Waals surface area (Å²) in [5.74, 6) is -0.190. The van der Waals surface area contributed by atoms with Gasteiger partial charge in [-0.15, -0.1) is 0 Å². The molecule has 96 valence electrons. The van der Waals surface area contributed by atoms with Crippen molar-refractivity contribution in [2.24, 2.45) is 0 Å². The molecule has 0 aliphatic heterocycles. The standard InChI is InChI=1S/C14H22FNO/c1-3-4-7-16(8-9-17)11-13-10-14(15)6-5-12(13)2/h5-6,10,17H,3-4,7-9,11H2,1-2H3. The van der Waals surface area contributed by atoms with Gasteiger partial charge in [-0.3, -0.25) is 4.90 Å². The molecule has 0 saturated heterocycles. The Kier molecular flexibility index (Phi) is 6.16. The monoisotopic (exact) mass is 239 g/mol. The Hall–Kier alpha value is -0.930. The minimum atomic E-state index is -0.190. The van der Waals surface area contributed by atoms with Gasteiger partial charge in [0.2, 0.25) is 0 Å². The summed E-state index contributed by atoms with van der Waals surface area (Å²) in [6.45, 7) is 6.60. The Morgan fingerprint density at radius 3 is 2.71 bits per heavy atom. The van der Waals surface area contributed by atoms with Crippen LogP contribution in [0, 0.1) is 12.7 Å². The van der Waals surface area contributed by atoms with E-state index < -0.39 is 0 Å². The number of aryl methyl sites for hydroxylation is 1. The third-order valence-electron chi connectivity index (χ3n) is 2.95. The van der Waals surface area contributed by atoms with Crippen LogP contribution in [0.2, 0.25) is 0 Å². The molecule has 3 heteroatoms. The highest BCUT2D eigenvalue weighted by Crippen LogP contribution is 2.13. The largest absolute Gasteiger partial charge is 0.395 e. The predicted octanol–water partition coefficient (Wildman–Crippen LogP) is 2.73. The van der Waals surface area contributed by atoms with Gasteiger partial charge in [0.05, 0.1) is 6.61 Å². The van der Waals surface area contributed by atoms with Crippen molar-refractivity contribution in [3.8, 4) is 0 Å². The lowest BCUT2D eigenvalue weighted by Crippen LogP contribution is -2.27. The van der Waals surface area contributed by atoms with Crippen molar-refractivity contribution in [3.05, 3.63) is 35.1 Å². The maximum Gasteiger partial charge on any atom is 0.123 e. The number of halogens is 1. The molecule has 0 amide bonds. The van der Waals surface area contributed by atoms with E-state index in [9.17, 15) is 4.39 Å². The fraction of sp³-hybridized carbons (Fsp3) is 0.571. The van der Waals surface area contributed by atoms with Crippen LogP contribution in [0.5, 0.6) is 0 Å². The van der Waals surface area contributed by atoms with Gasteiger partial charge in [-0.1, -0.05) is 19.4 Å². The molecule has 0 saturated carbocycles. The highest BCUT2D eigenvalue weighted by Gasteiger charge is 2.07. The minimum Gasteiger partial charge on any atom is -0.395 e. The summed E-state index contributed by atoms with van der Waals surface area (Å²) in [5.41, 5.74) is 2.11. The summed E-state index contributed by atoms with van der Waals surface area (Å²) >= 11 is 0. The summed E-state index contributed by atoms with van der Waals surface area (Å²) in [7, 11) is 0. The van der Waals surface area contributed by atoms with Gasteiger partial charge in [-0.25, -0.2) is 4.39 Å². The number of rotatable bonds is 7. The molecule has 17 heavy (non-hydrogen) atoms. The van der Waals surface area contributed by atoms with Crippen LogP contribution in [-0.2, 0) is 6.54 Å². The van der Waals surface area contributed by atoms with Crippen molar-refractivity contribution < 1.29 is 9.50 Å². The second kappa shape index (κ2) is 7.41. The zero-order valence-corrected chi connectivity index (χ0v) is 10.7. The van der Waals surface area contributed by atoms with Gasteiger partial charge in [0, 0.05) is 13.1 Å². The Morgan fingerprint density at radius 1 is 1.29 bits per heavy atom. The molecular formula is C14H22FNO. The molecule has 1 aromatic rings. The maximum atomic E-state index is 13.2. The molecule has 0 aliphatic rings. The normalized spacial score (nSPS) is 11.1. The predicted molar refractivity (Wildman–Crippen MR) is 68.4 cm³/mol. The number of benzene rings is 1. The smallest absolute Gasteiger partial charge is 0.123 e. The van der Waals surface area contributed by atoms with Crippen molar-refractivity contribution in [3.63, 3.8) is 0 Å².